The number of rotatable bonds is 4. The summed E-state index contributed by atoms with van der Waals surface area (Å²) in [4.78, 5) is 28.9. The van der Waals surface area contributed by atoms with Gasteiger partial charge in [-0.25, -0.2) is 0 Å². The number of hydrogen-bond acceptors (Lipinski definition) is 3. The van der Waals surface area contributed by atoms with Gasteiger partial charge in [0.2, 0.25) is 11.8 Å². The molecule has 0 bridgehead atoms. The van der Waals surface area contributed by atoms with Crippen molar-refractivity contribution in [3.8, 4) is 0 Å². The molecule has 0 aromatic heterocycles. The second kappa shape index (κ2) is 8.88. The zero-order valence-corrected chi connectivity index (χ0v) is 15.5. The van der Waals surface area contributed by atoms with Crippen LogP contribution in [0, 0.1) is 11.8 Å². The minimum absolute atomic E-state index is 0. The van der Waals surface area contributed by atoms with Crippen LogP contribution < -0.4 is 5.73 Å². The van der Waals surface area contributed by atoms with Gasteiger partial charge in [0.05, 0.1) is 0 Å². The van der Waals surface area contributed by atoms with Crippen LogP contribution in [0.15, 0.2) is 0 Å². The molecule has 1 aliphatic heterocycles. The molecule has 2 N–H and O–H groups in total. The normalized spacial score (nSPS) is 31.0. The Kier molecular flexibility index (Phi) is 7.81. The molecular weight excluding hydrogens is 314 g/mol. The predicted octanol–water partition coefficient (Wildman–Crippen LogP) is 2.03. The van der Waals surface area contributed by atoms with Crippen molar-refractivity contribution in [3.63, 3.8) is 0 Å². The summed E-state index contributed by atoms with van der Waals surface area (Å²) in [5.74, 6) is 0.843. The van der Waals surface area contributed by atoms with Crippen LogP contribution in [-0.2, 0) is 9.59 Å². The van der Waals surface area contributed by atoms with Gasteiger partial charge in [-0.15, -0.1) is 12.4 Å². The summed E-state index contributed by atoms with van der Waals surface area (Å²) in [6.45, 7) is 7.79. The Labute approximate surface area is 146 Å². The minimum atomic E-state index is 0. The summed E-state index contributed by atoms with van der Waals surface area (Å²) >= 11 is 0. The molecule has 1 aliphatic carbocycles. The SMILES string of the molecule is CCC1CN(C(=O)[C@@H]2CCC[C@@H]2CN)C(CC)CN1C(C)=O.Cl. The largest absolute Gasteiger partial charge is 0.336 e. The lowest BCUT2D eigenvalue weighted by atomic mass is 9.92. The Morgan fingerprint density at radius 3 is 2.13 bits per heavy atom. The predicted molar refractivity (Wildman–Crippen MR) is 94.4 cm³/mol. The minimum Gasteiger partial charge on any atom is -0.336 e. The van der Waals surface area contributed by atoms with E-state index < -0.39 is 0 Å². The smallest absolute Gasteiger partial charge is 0.226 e. The van der Waals surface area contributed by atoms with Crippen molar-refractivity contribution >= 4 is 24.2 Å². The quantitative estimate of drug-likeness (QED) is 0.847. The van der Waals surface area contributed by atoms with Gasteiger partial charge in [-0.1, -0.05) is 20.3 Å². The molecule has 0 radical (unpaired) electrons. The Morgan fingerprint density at radius 1 is 1.04 bits per heavy atom. The average Bonchev–Trinajstić information content (AvgIpc) is 3.01. The first-order valence-corrected chi connectivity index (χ1v) is 8.81. The molecular formula is C17H32ClN3O2. The second-order valence-electron chi connectivity index (χ2n) is 6.82. The van der Waals surface area contributed by atoms with E-state index in [4.69, 9.17) is 5.73 Å². The summed E-state index contributed by atoms with van der Waals surface area (Å²) < 4.78 is 0. The van der Waals surface area contributed by atoms with E-state index in [-0.39, 0.29) is 42.2 Å². The van der Waals surface area contributed by atoms with Crippen LogP contribution in [0.25, 0.3) is 0 Å². The van der Waals surface area contributed by atoms with E-state index in [9.17, 15) is 9.59 Å². The highest BCUT2D eigenvalue weighted by atomic mass is 35.5. The molecule has 6 heteroatoms. The first-order valence-electron chi connectivity index (χ1n) is 8.81. The van der Waals surface area contributed by atoms with E-state index in [0.717, 1.165) is 32.1 Å². The maximum absolute atomic E-state index is 13.0. The van der Waals surface area contributed by atoms with Crippen LogP contribution in [0.4, 0.5) is 0 Å². The number of amides is 2. The molecule has 0 spiro atoms. The highest BCUT2D eigenvalue weighted by molar-refractivity contribution is 5.85. The Bertz CT molecular complexity index is 419. The Balaban J connectivity index is 0.00000264. The molecule has 134 valence electrons. The summed E-state index contributed by atoms with van der Waals surface area (Å²) in [6.07, 6.45) is 4.95. The lowest BCUT2D eigenvalue weighted by molar-refractivity contribution is -0.149. The lowest BCUT2D eigenvalue weighted by Gasteiger charge is -2.47. The van der Waals surface area contributed by atoms with Gasteiger partial charge in [-0.05, 0) is 38.1 Å². The standard InChI is InChI=1S/C17H31N3O2.ClH/c1-4-14-11-20(15(5-2)10-19(14)12(3)21)17(22)16-8-6-7-13(16)9-18;/h13-16H,4-11,18H2,1-3H3;1H/t13-,14?,15?,16-;/m1./s1. The molecule has 1 saturated carbocycles. The third-order valence-corrected chi connectivity index (χ3v) is 5.61. The third-order valence-electron chi connectivity index (χ3n) is 5.61. The number of hydrogen-bond donors (Lipinski definition) is 1. The number of carbonyl (C=O) groups is 2. The fraction of sp³-hybridized carbons (Fsp3) is 0.882. The maximum atomic E-state index is 13.0. The van der Waals surface area contributed by atoms with Crippen molar-refractivity contribution in [2.45, 2.75) is 65.0 Å². The van der Waals surface area contributed by atoms with E-state index >= 15 is 0 Å². The van der Waals surface area contributed by atoms with Gasteiger partial charge in [0, 0.05) is 38.0 Å². The summed E-state index contributed by atoms with van der Waals surface area (Å²) in [5, 5.41) is 0. The fourth-order valence-electron chi connectivity index (χ4n) is 4.16. The Hall–Kier alpha value is -0.810. The second-order valence-corrected chi connectivity index (χ2v) is 6.82. The average molecular weight is 346 g/mol. The maximum Gasteiger partial charge on any atom is 0.226 e. The number of halogens is 1. The highest BCUT2D eigenvalue weighted by Crippen LogP contribution is 2.34. The van der Waals surface area contributed by atoms with Crippen LogP contribution in [0.5, 0.6) is 0 Å². The summed E-state index contributed by atoms with van der Waals surface area (Å²) in [7, 11) is 0. The van der Waals surface area contributed by atoms with Crippen LogP contribution in [0.1, 0.15) is 52.9 Å². The summed E-state index contributed by atoms with van der Waals surface area (Å²) in [5.41, 5.74) is 5.85. The van der Waals surface area contributed by atoms with E-state index in [0.29, 0.717) is 25.6 Å². The number of nitrogens with two attached hydrogens (primary N) is 1. The molecule has 2 fully saturated rings. The molecule has 5 nitrogen and oxygen atoms in total. The first kappa shape index (κ1) is 20.2. The lowest BCUT2D eigenvalue weighted by Crippen LogP contribution is -2.61. The van der Waals surface area contributed by atoms with Crippen molar-refractivity contribution in [2.24, 2.45) is 17.6 Å². The van der Waals surface area contributed by atoms with Gasteiger partial charge in [0.1, 0.15) is 0 Å². The molecule has 23 heavy (non-hydrogen) atoms. The van der Waals surface area contributed by atoms with E-state index in [2.05, 4.69) is 18.7 Å². The van der Waals surface area contributed by atoms with Gasteiger partial charge in [-0.2, -0.15) is 0 Å². The third kappa shape index (κ3) is 4.18. The van der Waals surface area contributed by atoms with Crippen molar-refractivity contribution in [1.82, 2.24) is 9.80 Å². The molecule has 4 atom stereocenters. The van der Waals surface area contributed by atoms with E-state index in [1.807, 2.05) is 4.90 Å². The van der Waals surface area contributed by atoms with Crippen molar-refractivity contribution in [1.29, 1.82) is 0 Å². The molecule has 0 aromatic rings. The van der Waals surface area contributed by atoms with Crippen molar-refractivity contribution in [2.75, 3.05) is 19.6 Å². The molecule has 2 rings (SSSR count). The monoisotopic (exact) mass is 345 g/mol. The van der Waals surface area contributed by atoms with Crippen LogP contribution in [0.2, 0.25) is 0 Å². The highest BCUT2D eigenvalue weighted by Gasteiger charge is 2.41. The van der Waals surface area contributed by atoms with Gasteiger partial charge < -0.3 is 15.5 Å². The molecule has 1 heterocycles. The van der Waals surface area contributed by atoms with Gasteiger partial charge in [0.25, 0.3) is 0 Å². The zero-order chi connectivity index (χ0) is 16.3. The fourth-order valence-corrected chi connectivity index (χ4v) is 4.16. The number of nitrogens with zero attached hydrogens (tertiary/aromatic N) is 2. The van der Waals surface area contributed by atoms with Gasteiger partial charge in [-0.3, -0.25) is 9.59 Å². The van der Waals surface area contributed by atoms with Crippen molar-refractivity contribution < 1.29 is 9.59 Å². The van der Waals surface area contributed by atoms with Gasteiger partial charge >= 0.3 is 0 Å². The first-order chi connectivity index (χ1) is 10.5. The molecule has 2 unspecified atom stereocenters. The molecule has 0 aromatic carbocycles. The van der Waals surface area contributed by atoms with Gasteiger partial charge in [0.15, 0.2) is 0 Å². The van der Waals surface area contributed by atoms with Crippen LogP contribution >= 0.6 is 12.4 Å². The van der Waals surface area contributed by atoms with Crippen LogP contribution in [0.3, 0.4) is 0 Å². The topological polar surface area (TPSA) is 66.6 Å². The van der Waals surface area contributed by atoms with E-state index in [1.54, 1.807) is 6.92 Å². The van der Waals surface area contributed by atoms with Crippen LogP contribution in [-0.4, -0.2) is 53.3 Å². The Morgan fingerprint density at radius 2 is 1.61 bits per heavy atom. The molecule has 2 aliphatic rings. The zero-order valence-electron chi connectivity index (χ0n) is 14.7. The summed E-state index contributed by atoms with van der Waals surface area (Å²) in [6, 6.07) is 0.306. The van der Waals surface area contributed by atoms with E-state index in [1.165, 1.54) is 0 Å². The van der Waals surface area contributed by atoms with Crippen molar-refractivity contribution in [3.05, 3.63) is 0 Å². The number of carbonyl (C=O) groups excluding carboxylic acids is 2. The number of piperazine rings is 1. The molecule has 1 saturated heterocycles. The molecule has 2 amide bonds.